The maximum Gasteiger partial charge on any atom is 0.142 e. The predicted octanol–water partition coefficient (Wildman–Crippen LogP) is 4.42. The molecule has 0 N–H and O–H groups in total. The van der Waals surface area contributed by atoms with Crippen LogP contribution in [0.5, 0.6) is 5.75 Å². The van der Waals surface area contributed by atoms with Gasteiger partial charge in [0.15, 0.2) is 0 Å². The lowest BCUT2D eigenvalue weighted by atomic mass is 9.73. The third kappa shape index (κ3) is 2.54. The summed E-state index contributed by atoms with van der Waals surface area (Å²) in [6.45, 7) is 1.07. The molecule has 1 aliphatic heterocycles. The number of hydrogen-bond acceptors (Lipinski definition) is 2. The van der Waals surface area contributed by atoms with Crippen LogP contribution in [0.2, 0.25) is 10.0 Å². The van der Waals surface area contributed by atoms with E-state index in [1.54, 1.807) is 6.07 Å². The highest BCUT2D eigenvalue weighted by Crippen LogP contribution is 2.49. The van der Waals surface area contributed by atoms with Gasteiger partial charge in [-0.1, -0.05) is 29.6 Å². The Morgan fingerprint density at radius 1 is 1.30 bits per heavy atom. The van der Waals surface area contributed by atoms with Gasteiger partial charge in [-0.2, -0.15) is 0 Å². The number of ether oxygens (including phenoxy) is 1. The topological polar surface area (TPSA) is 12.5 Å². The number of rotatable bonds is 2. The van der Waals surface area contributed by atoms with Crippen molar-refractivity contribution in [3.63, 3.8) is 0 Å². The first-order valence-electron chi connectivity index (χ1n) is 7.32. The molecule has 1 spiro atoms. The van der Waals surface area contributed by atoms with Gasteiger partial charge < -0.3 is 9.64 Å². The Hall–Kier alpha value is -0.440. The van der Waals surface area contributed by atoms with Crippen LogP contribution >= 0.6 is 23.2 Å². The molecule has 1 heterocycles. The van der Waals surface area contributed by atoms with Crippen LogP contribution in [0.3, 0.4) is 0 Å². The Bertz CT molecular complexity index is 517. The molecule has 2 unspecified atom stereocenters. The molecule has 2 nitrogen and oxygen atoms in total. The van der Waals surface area contributed by atoms with Crippen molar-refractivity contribution in [2.75, 3.05) is 20.6 Å². The Kier molecular flexibility index (Phi) is 3.91. The second kappa shape index (κ2) is 5.40. The highest BCUT2D eigenvalue weighted by atomic mass is 35.5. The lowest BCUT2D eigenvalue weighted by Gasteiger charge is -2.41. The van der Waals surface area contributed by atoms with E-state index in [2.05, 4.69) is 19.0 Å². The van der Waals surface area contributed by atoms with Gasteiger partial charge in [-0.05, 0) is 45.5 Å². The van der Waals surface area contributed by atoms with Gasteiger partial charge in [0.25, 0.3) is 0 Å². The van der Waals surface area contributed by atoms with Gasteiger partial charge in [-0.15, -0.1) is 0 Å². The molecular formula is C16H21Cl2NO. The second-order valence-electron chi connectivity index (χ2n) is 6.42. The normalized spacial score (nSPS) is 28.8. The molecule has 2 atom stereocenters. The average Bonchev–Trinajstić information content (AvgIpc) is 2.71. The lowest BCUT2D eigenvalue weighted by molar-refractivity contribution is -0.0149. The molecule has 2 aliphatic rings. The monoisotopic (exact) mass is 313 g/mol. The van der Waals surface area contributed by atoms with Crippen LogP contribution in [0.1, 0.15) is 31.2 Å². The van der Waals surface area contributed by atoms with Gasteiger partial charge in [0, 0.05) is 29.5 Å². The van der Waals surface area contributed by atoms with Crippen LogP contribution in [0, 0.1) is 5.92 Å². The fourth-order valence-electron chi connectivity index (χ4n) is 3.77. The molecular weight excluding hydrogens is 293 g/mol. The lowest BCUT2D eigenvalue weighted by Crippen LogP contribution is -2.48. The summed E-state index contributed by atoms with van der Waals surface area (Å²) in [5.74, 6) is 1.43. The minimum Gasteiger partial charge on any atom is -0.485 e. The first-order chi connectivity index (χ1) is 9.50. The third-order valence-electron chi connectivity index (χ3n) is 4.61. The third-order valence-corrected chi connectivity index (χ3v) is 5.11. The van der Waals surface area contributed by atoms with E-state index in [9.17, 15) is 0 Å². The van der Waals surface area contributed by atoms with Crippen LogP contribution < -0.4 is 4.74 Å². The van der Waals surface area contributed by atoms with Crippen molar-refractivity contribution in [1.82, 2.24) is 4.90 Å². The van der Waals surface area contributed by atoms with Crippen LogP contribution in [0.4, 0.5) is 0 Å². The predicted molar refractivity (Wildman–Crippen MR) is 84.0 cm³/mol. The Labute approximate surface area is 131 Å². The van der Waals surface area contributed by atoms with E-state index >= 15 is 0 Å². The summed E-state index contributed by atoms with van der Waals surface area (Å²) in [7, 11) is 4.27. The molecule has 0 amide bonds. The summed E-state index contributed by atoms with van der Waals surface area (Å²) >= 11 is 12.4. The molecule has 1 aliphatic carbocycles. The molecule has 0 saturated heterocycles. The first kappa shape index (κ1) is 14.5. The molecule has 1 fully saturated rings. The van der Waals surface area contributed by atoms with Crippen molar-refractivity contribution in [1.29, 1.82) is 0 Å². The van der Waals surface area contributed by atoms with Crippen molar-refractivity contribution in [2.24, 2.45) is 5.92 Å². The van der Waals surface area contributed by atoms with Crippen LogP contribution in [-0.2, 0) is 6.42 Å². The maximum absolute atomic E-state index is 6.42. The van der Waals surface area contributed by atoms with Crippen LogP contribution in [0.25, 0.3) is 0 Å². The molecule has 1 saturated carbocycles. The van der Waals surface area contributed by atoms with Crippen LogP contribution in [-0.4, -0.2) is 31.1 Å². The highest BCUT2D eigenvalue weighted by molar-refractivity contribution is 6.35. The van der Waals surface area contributed by atoms with Crippen molar-refractivity contribution in [2.45, 2.75) is 37.7 Å². The van der Waals surface area contributed by atoms with Crippen molar-refractivity contribution >= 4 is 23.2 Å². The van der Waals surface area contributed by atoms with Crippen LogP contribution in [0.15, 0.2) is 12.1 Å². The summed E-state index contributed by atoms with van der Waals surface area (Å²) in [6, 6.07) is 3.80. The molecule has 1 aromatic rings. The minimum atomic E-state index is -0.0703. The Morgan fingerprint density at radius 3 is 2.85 bits per heavy atom. The summed E-state index contributed by atoms with van der Waals surface area (Å²) in [5.41, 5.74) is 1.10. The zero-order valence-electron chi connectivity index (χ0n) is 12.1. The van der Waals surface area contributed by atoms with Crippen molar-refractivity contribution in [3.05, 3.63) is 27.7 Å². The van der Waals surface area contributed by atoms with Gasteiger partial charge in [0.2, 0.25) is 0 Å². The fourth-order valence-corrected chi connectivity index (χ4v) is 4.34. The molecule has 0 aromatic heterocycles. The largest absolute Gasteiger partial charge is 0.485 e. The summed E-state index contributed by atoms with van der Waals surface area (Å²) in [6.07, 6.45) is 5.84. The van der Waals surface area contributed by atoms with Crippen molar-refractivity contribution in [3.8, 4) is 5.75 Å². The van der Waals surface area contributed by atoms with E-state index in [4.69, 9.17) is 27.9 Å². The number of fused-ring (bicyclic) bond motifs is 1. The van der Waals surface area contributed by atoms with E-state index in [0.717, 1.165) is 25.1 Å². The zero-order valence-corrected chi connectivity index (χ0v) is 13.6. The van der Waals surface area contributed by atoms with E-state index in [1.165, 1.54) is 24.8 Å². The van der Waals surface area contributed by atoms with Gasteiger partial charge in [0.1, 0.15) is 11.4 Å². The minimum absolute atomic E-state index is 0.0703. The number of nitrogens with zero attached hydrogens (tertiary/aromatic N) is 1. The molecule has 0 radical (unpaired) electrons. The van der Waals surface area contributed by atoms with Gasteiger partial charge in [-0.25, -0.2) is 0 Å². The number of halogens is 2. The molecule has 4 heteroatoms. The molecule has 110 valence electrons. The van der Waals surface area contributed by atoms with E-state index in [-0.39, 0.29) is 5.60 Å². The number of hydrogen-bond donors (Lipinski definition) is 0. The molecule has 1 aromatic carbocycles. The van der Waals surface area contributed by atoms with E-state index in [1.807, 2.05) is 6.07 Å². The average molecular weight is 314 g/mol. The van der Waals surface area contributed by atoms with Gasteiger partial charge in [-0.3, -0.25) is 0 Å². The Balaban J connectivity index is 1.92. The standard InChI is InChI=1S/C16H21Cl2NO/c1-19(2)10-12-5-3-4-6-16(12)9-11-7-13(17)8-14(18)15(11)20-16/h7-8,12H,3-6,9-10H2,1-2H3. The van der Waals surface area contributed by atoms with Crippen molar-refractivity contribution < 1.29 is 4.74 Å². The van der Waals surface area contributed by atoms with Gasteiger partial charge in [0.05, 0.1) is 5.02 Å². The fraction of sp³-hybridized carbons (Fsp3) is 0.625. The molecule has 0 bridgehead atoms. The first-order valence-corrected chi connectivity index (χ1v) is 8.07. The summed E-state index contributed by atoms with van der Waals surface area (Å²) < 4.78 is 6.42. The zero-order chi connectivity index (χ0) is 14.3. The quantitative estimate of drug-likeness (QED) is 0.801. The van der Waals surface area contributed by atoms with Gasteiger partial charge >= 0.3 is 0 Å². The number of benzene rings is 1. The summed E-state index contributed by atoms with van der Waals surface area (Å²) in [4.78, 5) is 2.26. The molecule has 20 heavy (non-hydrogen) atoms. The second-order valence-corrected chi connectivity index (χ2v) is 7.27. The Morgan fingerprint density at radius 2 is 2.10 bits per heavy atom. The SMILES string of the molecule is CN(C)CC1CCCCC12Cc1cc(Cl)cc(Cl)c1O2. The molecule has 3 rings (SSSR count). The van der Waals surface area contributed by atoms with E-state index in [0.29, 0.717) is 16.0 Å². The summed E-state index contributed by atoms with van der Waals surface area (Å²) in [5, 5.41) is 1.35. The maximum atomic E-state index is 6.42. The van der Waals surface area contributed by atoms with E-state index < -0.39 is 0 Å². The highest BCUT2D eigenvalue weighted by Gasteiger charge is 2.47. The smallest absolute Gasteiger partial charge is 0.142 e.